The molecule has 2 fully saturated rings. The molecule has 1 aliphatic carbocycles. The Balaban J connectivity index is 1.82. The number of hydrogen-bond acceptors (Lipinski definition) is 3. The van der Waals surface area contributed by atoms with Gasteiger partial charge in [0, 0.05) is 19.1 Å². The molecule has 84 valence electrons. The van der Waals surface area contributed by atoms with Gasteiger partial charge in [-0.3, -0.25) is 14.5 Å². The molecule has 2 rings (SSSR count). The normalized spacial score (nSPS) is 20.2. The van der Waals surface area contributed by atoms with Crippen molar-refractivity contribution in [1.82, 2.24) is 9.80 Å². The summed E-state index contributed by atoms with van der Waals surface area (Å²) in [5.74, 6) is -0.771. The highest BCUT2D eigenvalue weighted by molar-refractivity contribution is 5.80. The third-order valence-electron chi connectivity index (χ3n) is 2.95. The highest BCUT2D eigenvalue weighted by Crippen LogP contribution is 2.26. The van der Waals surface area contributed by atoms with E-state index in [4.69, 9.17) is 5.11 Å². The van der Waals surface area contributed by atoms with E-state index in [9.17, 15) is 9.59 Å². The van der Waals surface area contributed by atoms with Crippen LogP contribution in [0.15, 0.2) is 0 Å². The van der Waals surface area contributed by atoms with Gasteiger partial charge in [-0.05, 0) is 19.3 Å². The van der Waals surface area contributed by atoms with E-state index >= 15 is 0 Å². The molecule has 2 aliphatic rings. The van der Waals surface area contributed by atoms with E-state index in [-0.39, 0.29) is 19.0 Å². The van der Waals surface area contributed by atoms with Crippen molar-refractivity contribution in [2.24, 2.45) is 0 Å². The molecule has 0 aromatic rings. The molecule has 0 spiro atoms. The highest BCUT2D eigenvalue weighted by Gasteiger charge is 2.33. The maximum Gasteiger partial charge on any atom is 0.317 e. The van der Waals surface area contributed by atoms with Gasteiger partial charge in [-0.2, -0.15) is 0 Å². The number of likely N-dealkylation sites (tertiary alicyclic amines) is 1. The third kappa shape index (κ3) is 2.68. The van der Waals surface area contributed by atoms with Crippen molar-refractivity contribution in [2.75, 3.05) is 26.2 Å². The monoisotopic (exact) mass is 212 g/mol. The van der Waals surface area contributed by atoms with Crippen molar-refractivity contribution >= 4 is 11.9 Å². The van der Waals surface area contributed by atoms with Gasteiger partial charge in [0.2, 0.25) is 5.91 Å². The lowest BCUT2D eigenvalue weighted by Gasteiger charge is -2.33. The van der Waals surface area contributed by atoms with E-state index in [0.717, 1.165) is 32.4 Å². The summed E-state index contributed by atoms with van der Waals surface area (Å²) in [7, 11) is 0. The summed E-state index contributed by atoms with van der Waals surface area (Å²) >= 11 is 0. The average Bonchev–Trinajstić information content (AvgIpc) is 2.79. The van der Waals surface area contributed by atoms with Crippen LogP contribution in [0.2, 0.25) is 0 Å². The fourth-order valence-electron chi connectivity index (χ4n) is 1.77. The van der Waals surface area contributed by atoms with Crippen molar-refractivity contribution in [3.8, 4) is 0 Å². The Hall–Kier alpha value is -1.10. The zero-order valence-electron chi connectivity index (χ0n) is 8.69. The molecule has 0 unspecified atom stereocenters. The summed E-state index contributed by atoms with van der Waals surface area (Å²) in [6.45, 7) is 1.94. The van der Waals surface area contributed by atoms with Gasteiger partial charge in [0.25, 0.3) is 0 Å². The second kappa shape index (κ2) is 4.18. The van der Waals surface area contributed by atoms with Gasteiger partial charge < -0.3 is 10.0 Å². The Bertz CT molecular complexity index is 272. The third-order valence-corrected chi connectivity index (χ3v) is 2.95. The minimum Gasteiger partial charge on any atom is -0.480 e. The topological polar surface area (TPSA) is 60.9 Å². The molecule has 1 N–H and O–H groups in total. The number of aliphatic carboxylic acids is 1. The molecule has 0 aromatic heterocycles. The van der Waals surface area contributed by atoms with Crippen molar-refractivity contribution in [2.45, 2.75) is 25.3 Å². The first kappa shape index (κ1) is 10.4. The summed E-state index contributed by atoms with van der Waals surface area (Å²) in [6, 6.07) is 0.325. The molecule has 5 heteroatoms. The Kier molecular flexibility index (Phi) is 2.90. The molecule has 0 atom stereocenters. The van der Waals surface area contributed by atoms with E-state index in [1.807, 2.05) is 0 Å². The first-order valence-electron chi connectivity index (χ1n) is 5.40. The van der Waals surface area contributed by atoms with Gasteiger partial charge in [-0.15, -0.1) is 0 Å². The van der Waals surface area contributed by atoms with Crippen molar-refractivity contribution in [1.29, 1.82) is 0 Å². The quantitative estimate of drug-likeness (QED) is 0.683. The van der Waals surface area contributed by atoms with Gasteiger partial charge in [0.15, 0.2) is 0 Å². The number of carbonyl (C=O) groups excluding carboxylic acids is 1. The summed E-state index contributed by atoms with van der Waals surface area (Å²) in [5.41, 5.74) is 0. The van der Waals surface area contributed by atoms with Crippen LogP contribution in [0.1, 0.15) is 19.3 Å². The maximum absolute atomic E-state index is 11.6. The van der Waals surface area contributed by atoms with Gasteiger partial charge in [-0.25, -0.2) is 0 Å². The van der Waals surface area contributed by atoms with Crippen LogP contribution in [0.25, 0.3) is 0 Å². The Morgan fingerprint density at radius 2 is 1.93 bits per heavy atom. The second-order valence-corrected chi connectivity index (χ2v) is 4.26. The molecule has 5 nitrogen and oxygen atoms in total. The Morgan fingerprint density at radius 1 is 1.27 bits per heavy atom. The summed E-state index contributed by atoms with van der Waals surface area (Å²) in [6.07, 6.45) is 3.13. The highest BCUT2D eigenvalue weighted by atomic mass is 16.4. The molecule has 0 bridgehead atoms. The maximum atomic E-state index is 11.6. The van der Waals surface area contributed by atoms with Crippen LogP contribution in [-0.2, 0) is 9.59 Å². The molecule has 1 amide bonds. The minimum absolute atomic E-state index is 0.00968. The fourth-order valence-corrected chi connectivity index (χ4v) is 1.77. The number of rotatable bonds is 5. The van der Waals surface area contributed by atoms with Gasteiger partial charge >= 0.3 is 5.97 Å². The molecule has 1 aliphatic heterocycles. The number of carboxylic acid groups (broad SMARTS) is 1. The van der Waals surface area contributed by atoms with Crippen molar-refractivity contribution in [3.05, 3.63) is 0 Å². The smallest absolute Gasteiger partial charge is 0.317 e. The molecule has 1 saturated carbocycles. The van der Waals surface area contributed by atoms with E-state index < -0.39 is 5.97 Å². The van der Waals surface area contributed by atoms with E-state index in [1.165, 1.54) is 0 Å². The SMILES string of the molecule is O=C(O)CN(CC(=O)N1CCC1)C1CC1. The van der Waals surface area contributed by atoms with Crippen LogP contribution >= 0.6 is 0 Å². The van der Waals surface area contributed by atoms with E-state index in [0.29, 0.717) is 6.04 Å². The van der Waals surface area contributed by atoms with Gasteiger partial charge in [0.05, 0.1) is 13.1 Å². The molecule has 1 heterocycles. The van der Waals surface area contributed by atoms with Gasteiger partial charge in [0.1, 0.15) is 0 Å². The van der Waals surface area contributed by atoms with Crippen LogP contribution in [0.5, 0.6) is 0 Å². The Morgan fingerprint density at radius 3 is 2.33 bits per heavy atom. The molecule has 1 saturated heterocycles. The number of carbonyl (C=O) groups is 2. The molecular formula is C10H16N2O3. The summed E-state index contributed by atoms with van der Waals surface area (Å²) in [5, 5.41) is 8.72. The number of carboxylic acids is 1. The van der Waals surface area contributed by atoms with Gasteiger partial charge in [-0.1, -0.05) is 0 Å². The zero-order valence-corrected chi connectivity index (χ0v) is 8.69. The van der Waals surface area contributed by atoms with Crippen LogP contribution in [0.3, 0.4) is 0 Å². The standard InChI is InChI=1S/C10H16N2O3/c13-9(11-4-1-5-11)6-12(7-10(14)15)8-2-3-8/h8H,1-7H2,(H,14,15). The van der Waals surface area contributed by atoms with Crippen LogP contribution in [-0.4, -0.2) is 59.0 Å². The largest absolute Gasteiger partial charge is 0.480 e. The van der Waals surface area contributed by atoms with Crippen molar-refractivity contribution in [3.63, 3.8) is 0 Å². The first-order valence-corrected chi connectivity index (χ1v) is 5.40. The second-order valence-electron chi connectivity index (χ2n) is 4.26. The predicted molar refractivity (Wildman–Crippen MR) is 53.4 cm³/mol. The molecular weight excluding hydrogens is 196 g/mol. The first-order chi connectivity index (χ1) is 7.16. The van der Waals surface area contributed by atoms with Crippen LogP contribution in [0, 0.1) is 0 Å². The lowest BCUT2D eigenvalue weighted by Crippen LogP contribution is -2.48. The summed E-state index contributed by atoms with van der Waals surface area (Å²) in [4.78, 5) is 25.8. The lowest BCUT2D eigenvalue weighted by atomic mass is 10.2. The summed E-state index contributed by atoms with van der Waals surface area (Å²) < 4.78 is 0. The minimum atomic E-state index is -0.849. The number of hydrogen-bond donors (Lipinski definition) is 1. The fraction of sp³-hybridized carbons (Fsp3) is 0.800. The Labute approximate surface area is 88.6 Å². The zero-order chi connectivity index (χ0) is 10.8. The molecule has 15 heavy (non-hydrogen) atoms. The molecule has 0 aromatic carbocycles. The lowest BCUT2D eigenvalue weighted by molar-refractivity contribution is -0.141. The van der Waals surface area contributed by atoms with Crippen LogP contribution in [0.4, 0.5) is 0 Å². The number of nitrogens with zero attached hydrogens (tertiary/aromatic N) is 2. The van der Waals surface area contributed by atoms with Crippen molar-refractivity contribution < 1.29 is 14.7 Å². The van der Waals surface area contributed by atoms with E-state index in [1.54, 1.807) is 9.80 Å². The average molecular weight is 212 g/mol. The molecule has 0 radical (unpaired) electrons. The predicted octanol–water partition coefficient (Wildman–Crippen LogP) is -0.232. The number of amides is 1. The van der Waals surface area contributed by atoms with E-state index in [2.05, 4.69) is 0 Å². The van der Waals surface area contributed by atoms with Crippen LogP contribution < -0.4 is 0 Å².